The first kappa shape index (κ1) is 25.0. The lowest BCUT2D eigenvalue weighted by atomic mass is 9.87. The molecule has 0 saturated carbocycles. The molecule has 0 spiro atoms. The van der Waals surface area contributed by atoms with Gasteiger partial charge in [0.15, 0.2) is 5.82 Å². The Kier molecular flexibility index (Phi) is 7.40. The third kappa shape index (κ3) is 5.81. The second kappa shape index (κ2) is 10.1. The SMILES string of the molecule is Cc1cc(C)cc(-c2cc(NC(=O)C3(n4cccn4)CCNCC3)n[nH]2)c1.O=C(O)C(F)(F)F. The molecule has 1 amide bonds. The molecule has 4 N–H and O–H groups in total. The Labute approximate surface area is 193 Å². The van der Waals surface area contributed by atoms with Gasteiger partial charge in [0.05, 0.1) is 5.69 Å². The van der Waals surface area contributed by atoms with Crippen LogP contribution in [-0.2, 0) is 15.1 Å². The first-order valence-electron chi connectivity index (χ1n) is 10.5. The van der Waals surface area contributed by atoms with E-state index in [0.717, 1.165) is 24.3 Å². The summed E-state index contributed by atoms with van der Waals surface area (Å²) in [5.74, 6) is -2.31. The van der Waals surface area contributed by atoms with Crippen LogP contribution < -0.4 is 10.6 Å². The fourth-order valence-corrected chi connectivity index (χ4v) is 3.82. The topological polar surface area (TPSA) is 125 Å². The standard InChI is InChI=1S/C20H24N6O.C2HF3O2/c1-14-10-15(2)12-16(11-14)17-13-18(25-24-17)23-19(27)20(4-7-21-8-5-20)26-9-3-6-22-26;3-2(4,5)1(6)7/h3,6,9-13,21H,4-5,7-8H2,1-2H3,(H2,23,24,25,27);(H,6,7). The average Bonchev–Trinajstić information content (AvgIpc) is 3.46. The number of piperidine rings is 1. The van der Waals surface area contributed by atoms with Crippen molar-refractivity contribution in [1.82, 2.24) is 25.3 Å². The fraction of sp³-hybridized carbons (Fsp3) is 0.364. The minimum absolute atomic E-state index is 0.0776. The summed E-state index contributed by atoms with van der Waals surface area (Å²) in [5, 5.41) is 25.1. The lowest BCUT2D eigenvalue weighted by Crippen LogP contribution is -2.52. The summed E-state index contributed by atoms with van der Waals surface area (Å²) in [6.07, 6.45) is -0.135. The first-order valence-corrected chi connectivity index (χ1v) is 10.5. The maximum atomic E-state index is 13.2. The number of carboxylic acids is 1. The number of carbonyl (C=O) groups is 2. The van der Waals surface area contributed by atoms with Crippen LogP contribution in [0, 0.1) is 13.8 Å². The van der Waals surface area contributed by atoms with Gasteiger partial charge in [0.25, 0.3) is 5.91 Å². The van der Waals surface area contributed by atoms with E-state index in [-0.39, 0.29) is 5.91 Å². The van der Waals surface area contributed by atoms with Gasteiger partial charge < -0.3 is 15.7 Å². The van der Waals surface area contributed by atoms with Crippen LogP contribution in [0.2, 0.25) is 0 Å². The number of aryl methyl sites for hydroxylation is 2. The third-order valence-corrected chi connectivity index (χ3v) is 5.39. The van der Waals surface area contributed by atoms with E-state index in [0.29, 0.717) is 18.7 Å². The van der Waals surface area contributed by atoms with Crippen LogP contribution in [0.25, 0.3) is 11.3 Å². The van der Waals surface area contributed by atoms with Crippen LogP contribution >= 0.6 is 0 Å². The number of rotatable bonds is 4. The molecule has 0 aliphatic carbocycles. The maximum Gasteiger partial charge on any atom is 0.490 e. The first-order chi connectivity index (χ1) is 16.0. The molecule has 1 aliphatic heterocycles. The number of nitrogens with one attached hydrogen (secondary N) is 3. The van der Waals surface area contributed by atoms with Crippen molar-refractivity contribution in [3.8, 4) is 11.3 Å². The lowest BCUT2D eigenvalue weighted by molar-refractivity contribution is -0.192. The van der Waals surface area contributed by atoms with Crippen molar-refractivity contribution in [2.75, 3.05) is 18.4 Å². The van der Waals surface area contributed by atoms with Crippen LogP contribution in [0.1, 0.15) is 24.0 Å². The van der Waals surface area contributed by atoms with Gasteiger partial charge in [0, 0.05) is 24.0 Å². The summed E-state index contributed by atoms with van der Waals surface area (Å²) < 4.78 is 33.5. The minimum Gasteiger partial charge on any atom is -0.475 e. The van der Waals surface area contributed by atoms with Crippen LogP contribution in [-0.4, -0.2) is 56.2 Å². The van der Waals surface area contributed by atoms with Crippen molar-refractivity contribution >= 4 is 17.7 Å². The monoisotopic (exact) mass is 478 g/mol. The summed E-state index contributed by atoms with van der Waals surface area (Å²) in [7, 11) is 0. The molecule has 0 unspecified atom stereocenters. The molecule has 12 heteroatoms. The van der Waals surface area contributed by atoms with E-state index in [9.17, 15) is 18.0 Å². The van der Waals surface area contributed by atoms with Crippen molar-refractivity contribution < 1.29 is 27.9 Å². The predicted molar refractivity (Wildman–Crippen MR) is 118 cm³/mol. The number of aromatic nitrogens is 4. The van der Waals surface area contributed by atoms with Gasteiger partial charge in [-0.2, -0.15) is 23.4 Å². The predicted octanol–water partition coefficient (Wildman–Crippen LogP) is 3.24. The number of halogens is 3. The molecule has 34 heavy (non-hydrogen) atoms. The zero-order chi connectivity index (χ0) is 24.9. The Hall–Kier alpha value is -3.67. The number of benzene rings is 1. The second-order valence-corrected chi connectivity index (χ2v) is 8.03. The van der Waals surface area contributed by atoms with Crippen LogP contribution in [0.3, 0.4) is 0 Å². The van der Waals surface area contributed by atoms with Gasteiger partial charge in [0.1, 0.15) is 5.54 Å². The van der Waals surface area contributed by atoms with E-state index >= 15 is 0 Å². The van der Waals surface area contributed by atoms with Crippen molar-refractivity contribution in [3.63, 3.8) is 0 Å². The van der Waals surface area contributed by atoms with Crippen molar-refractivity contribution in [1.29, 1.82) is 0 Å². The molecule has 3 heterocycles. The Morgan fingerprint density at radius 3 is 2.26 bits per heavy atom. The van der Waals surface area contributed by atoms with Crippen molar-refractivity contribution in [2.45, 2.75) is 38.4 Å². The molecule has 2 aromatic heterocycles. The van der Waals surface area contributed by atoms with Crippen LogP contribution in [0.15, 0.2) is 42.7 Å². The zero-order valence-electron chi connectivity index (χ0n) is 18.6. The normalized spacial score (nSPS) is 15.2. The summed E-state index contributed by atoms with van der Waals surface area (Å²) >= 11 is 0. The highest BCUT2D eigenvalue weighted by Gasteiger charge is 2.42. The van der Waals surface area contributed by atoms with E-state index in [4.69, 9.17) is 9.90 Å². The average molecular weight is 478 g/mol. The minimum atomic E-state index is -5.08. The molecule has 0 atom stereocenters. The molecule has 1 aliphatic rings. The van der Waals surface area contributed by atoms with E-state index in [1.54, 1.807) is 10.9 Å². The number of aliphatic carboxylic acids is 1. The zero-order valence-corrected chi connectivity index (χ0v) is 18.6. The molecule has 182 valence electrons. The second-order valence-electron chi connectivity index (χ2n) is 8.03. The molecule has 0 radical (unpaired) electrons. The molecule has 0 bridgehead atoms. The molecule has 1 saturated heterocycles. The largest absolute Gasteiger partial charge is 0.490 e. The van der Waals surface area contributed by atoms with Crippen molar-refractivity contribution in [3.05, 3.63) is 53.9 Å². The number of alkyl halides is 3. The highest BCUT2D eigenvalue weighted by molar-refractivity contribution is 5.96. The van der Waals surface area contributed by atoms with Gasteiger partial charge >= 0.3 is 12.1 Å². The highest BCUT2D eigenvalue weighted by Crippen LogP contribution is 2.29. The number of hydrogen-bond donors (Lipinski definition) is 4. The summed E-state index contributed by atoms with van der Waals surface area (Å²) in [6.45, 7) is 5.70. The molecule has 1 aromatic carbocycles. The molecule has 9 nitrogen and oxygen atoms in total. The van der Waals surface area contributed by atoms with Gasteiger partial charge in [-0.1, -0.05) is 17.2 Å². The quantitative estimate of drug-likeness (QED) is 0.456. The number of carboxylic acid groups (broad SMARTS) is 1. The van der Waals surface area contributed by atoms with E-state index < -0.39 is 17.7 Å². The number of aromatic amines is 1. The Balaban J connectivity index is 0.000000406. The van der Waals surface area contributed by atoms with Crippen molar-refractivity contribution in [2.24, 2.45) is 0 Å². The number of anilines is 1. The summed E-state index contributed by atoms with van der Waals surface area (Å²) in [4.78, 5) is 22.1. The van der Waals surface area contributed by atoms with Gasteiger partial charge in [-0.3, -0.25) is 14.6 Å². The highest BCUT2D eigenvalue weighted by atomic mass is 19.4. The van der Waals surface area contributed by atoms with Gasteiger partial charge in [0.2, 0.25) is 0 Å². The smallest absolute Gasteiger partial charge is 0.475 e. The van der Waals surface area contributed by atoms with E-state index in [1.807, 2.05) is 18.3 Å². The van der Waals surface area contributed by atoms with E-state index in [1.165, 1.54) is 11.1 Å². The van der Waals surface area contributed by atoms with Gasteiger partial charge in [-0.15, -0.1) is 0 Å². The number of amides is 1. The van der Waals surface area contributed by atoms with Crippen LogP contribution in [0.4, 0.5) is 19.0 Å². The Morgan fingerprint density at radius 1 is 1.12 bits per heavy atom. The van der Waals surface area contributed by atoms with E-state index in [2.05, 4.69) is 58.0 Å². The number of nitrogens with zero attached hydrogens (tertiary/aromatic N) is 3. The molecular formula is C22H25F3N6O3. The Bertz CT molecular complexity index is 1110. The Morgan fingerprint density at radius 2 is 1.74 bits per heavy atom. The fourth-order valence-electron chi connectivity index (χ4n) is 3.82. The molecule has 3 aromatic rings. The summed E-state index contributed by atoms with van der Waals surface area (Å²) in [5.41, 5.74) is 3.64. The number of H-pyrrole nitrogens is 1. The molecular weight excluding hydrogens is 453 g/mol. The molecule has 1 fully saturated rings. The van der Waals surface area contributed by atoms with Gasteiger partial charge in [-0.05, 0) is 58.0 Å². The number of hydrogen-bond acceptors (Lipinski definition) is 5. The van der Waals surface area contributed by atoms with Crippen LogP contribution in [0.5, 0.6) is 0 Å². The van der Waals surface area contributed by atoms with Gasteiger partial charge in [-0.25, -0.2) is 4.79 Å². The number of carbonyl (C=O) groups excluding carboxylic acids is 1. The molecule has 4 rings (SSSR count). The lowest BCUT2D eigenvalue weighted by Gasteiger charge is -2.36. The maximum absolute atomic E-state index is 13.2. The third-order valence-electron chi connectivity index (χ3n) is 5.39. The summed E-state index contributed by atoms with van der Waals surface area (Å²) in [6, 6.07) is 10.1.